The Hall–Kier alpha value is -0.960. The number of thioether (sulfide) groups is 1. The fourth-order valence-electron chi connectivity index (χ4n) is 1.06. The Morgan fingerprint density at radius 2 is 1.79 bits per heavy atom. The lowest BCUT2D eigenvalue weighted by Crippen LogP contribution is -2.06. The van der Waals surface area contributed by atoms with E-state index >= 15 is 0 Å². The van der Waals surface area contributed by atoms with Crippen molar-refractivity contribution in [2.75, 3.05) is 0 Å². The zero-order chi connectivity index (χ0) is 10.6. The van der Waals surface area contributed by atoms with Crippen molar-refractivity contribution in [2.45, 2.75) is 30.4 Å². The maximum atomic E-state index is 5.06. The van der Waals surface area contributed by atoms with E-state index in [2.05, 4.69) is 38.0 Å². The summed E-state index contributed by atoms with van der Waals surface area (Å²) < 4.78 is 0.253. The second kappa shape index (κ2) is 4.51. The zero-order valence-electron chi connectivity index (χ0n) is 8.82. The van der Waals surface area contributed by atoms with Crippen LogP contribution in [0.2, 0.25) is 0 Å². The summed E-state index contributed by atoms with van der Waals surface area (Å²) in [7, 11) is 0. The summed E-state index contributed by atoms with van der Waals surface area (Å²) >= 11 is 1.85. The van der Waals surface area contributed by atoms with E-state index in [0.29, 0.717) is 0 Å². The van der Waals surface area contributed by atoms with Crippen LogP contribution in [0.4, 0.5) is 0 Å². The number of nitrogens with zero attached hydrogens (tertiary/aromatic N) is 1. The first kappa shape index (κ1) is 11.1. The Kier molecular flexibility index (Phi) is 3.58. The predicted molar refractivity (Wildman–Crippen MR) is 63.8 cm³/mol. The molecule has 0 aliphatic carbocycles. The van der Waals surface area contributed by atoms with E-state index in [9.17, 15) is 0 Å². The summed E-state index contributed by atoms with van der Waals surface area (Å²) in [6, 6.07) is 8.22. The molecule has 0 amide bonds. The van der Waals surface area contributed by atoms with Crippen molar-refractivity contribution in [2.24, 2.45) is 10.9 Å². The van der Waals surface area contributed by atoms with E-state index in [1.54, 1.807) is 6.21 Å². The molecule has 0 aromatic heterocycles. The highest BCUT2D eigenvalue weighted by Crippen LogP contribution is 2.31. The normalized spacial score (nSPS) is 12.2. The quantitative estimate of drug-likeness (QED) is 0.351. The third-order valence-corrected chi connectivity index (χ3v) is 2.65. The first-order valence-electron chi connectivity index (χ1n) is 4.53. The molecule has 0 radical (unpaired) electrons. The second-order valence-corrected chi connectivity index (χ2v) is 5.96. The van der Waals surface area contributed by atoms with Crippen molar-refractivity contribution in [3.63, 3.8) is 0 Å². The minimum Gasteiger partial charge on any atom is -0.323 e. The number of rotatable bonds is 2. The Morgan fingerprint density at radius 3 is 2.21 bits per heavy atom. The van der Waals surface area contributed by atoms with Crippen LogP contribution in [0.15, 0.2) is 34.3 Å². The first-order chi connectivity index (χ1) is 6.51. The molecule has 0 spiro atoms. The zero-order valence-corrected chi connectivity index (χ0v) is 9.64. The fraction of sp³-hybridized carbons (Fsp3) is 0.364. The molecule has 0 unspecified atom stereocenters. The van der Waals surface area contributed by atoms with Crippen LogP contribution < -0.4 is 5.84 Å². The Balaban J connectivity index is 2.74. The average molecular weight is 208 g/mol. The summed E-state index contributed by atoms with van der Waals surface area (Å²) in [4.78, 5) is 1.27. The van der Waals surface area contributed by atoms with Gasteiger partial charge in [0, 0.05) is 9.64 Å². The molecule has 3 heteroatoms. The molecule has 0 bridgehead atoms. The van der Waals surface area contributed by atoms with Gasteiger partial charge in [-0.05, 0) is 17.7 Å². The van der Waals surface area contributed by atoms with Gasteiger partial charge in [0.15, 0.2) is 0 Å². The molecule has 0 aliphatic heterocycles. The van der Waals surface area contributed by atoms with E-state index < -0.39 is 0 Å². The van der Waals surface area contributed by atoms with Crippen LogP contribution in [0.5, 0.6) is 0 Å². The van der Waals surface area contributed by atoms with Gasteiger partial charge in [0.2, 0.25) is 0 Å². The van der Waals surface area contributed by atoms with Gasteiger partial charge in [-0.3, -0.25) is 0 Å². The van der Waals surface area contributed by atoms with Gasteiger partial charge in [0.25, 0.3) is 0 Å². The van der Waals surface area contributed by atoms with Gasteiger partial charge in [0.05, 0.1) is 6.21 Å². The second-order valence-electron chi connectivity index (χ2n) is 4.06. The van der Waals surface area contributed by atoms with Crippen LogP contribution >= 0.6 is 11.8 Å². The van der Waals surface area contributed by atoms with Crippen molar-refractivity contribution in [3.05, 3.63) is 29.8 Å². The van der Waals surface area contributed by atoms with Gasteiger partial charge in [-0.25, -0.2) is 0 Å². The molecule has 0 saturated carbocycles. The van der Waals surface area contributed by atoms with Gasteiger partial charge >= 0.3 is 0 Å². The number of benzene rings is 1. The largest absolute Gasteiger partial charge is 0.323 e. The van der Waals surface area contributed by atoms with Gasteiger partial charge < -0.3 is 5.84 Å². The molecule has 0 aliphatic rings. The molecular weight excluding hydrogens is 192 g/mol. The summed E-state index contributed by atoms with van der Waals surface area (Å²) in [6.07, 6.45) is 1.64. The smallest absolute Gasteiger partial charge is 0.0538 e. The summed E-state index contributed by atoms with van der Waals surface area (Å²) in [5.41, 5.74) is 1.03. The van der Waals surface area contributed by atoms with Crippen molar-refractivity contribution in [3.8, 4) is 0 Å². The van der Waals surface area contributed by atoms with Crippen molar-refractivity contribution in [1.82, 2.24) is 0 Å². The predicted octanol–water partition coefficient (Wildman–Crippen LogP) is 2.87. The number of hydrazone groups is 1. The van der Waals surface area contributed by atoms with Gasteiger partial charge in [-0.15, -0.1) is 11.8 Å². The van der Waals surface area contributed by atoms with Crippen LogP contribution in [0.25, 0.3) is 0 Å². The van der Waals surface area contributed by atoms with Gasteiger partial charge in [-0.1, -0.05) is 32.9 Å². The molecular formula is C11H16N2S. The molecule has 0 saturated heterocycles. The molecule has 2 N–H and O–H groups in total. The summed E-state index contributed by atoms with van der Waals surface area (Å²) in [5.74, 6) is 5.06. The third-order valence-electron chi connectivity index (χ3n) is 1.53. The number of hydrogen-bond acceptors (Lipinski definition) is 3. The fourth-order valence-corrected chi connectivity index (χ4v) is 2.04. The van der Waals surface area contributed by atoms with Crippen molar-refractivity contribution in [1.29, 1.82) is 0 Å². The van der Waals surface area contributed by atoms with Crippen molar-refractivity contribution >= 4 is 18.0 Å². The SMILES string of the molecule is CC(C)(C)Sc1ccc(C=NN)cc1. The van der Waals surface area contributed by atoms with Crippen LogP contribution in [0.1, 0.15) is 26.3 Å². The topological polar surface area (TPSA) is 38.4 Å². The molecule has 76 valence electrons. The van der Waals surface area contributed by atoms with Crippen molar-refractivity contribution < 1.29 is 0 Å². The Labute approximate surface area is 89.6 Å². The maximum absolute atomic E-state index is 5.06. The van der Waals surface area contributed by atoms with Crippen LogP contribution in [0, 0.1) is 0 Å². The van der Waals surface area contributed by atoms with Crippen LogP contribution in [-0.2, 0) is 0 Å². The van der Waals surface area contributed by atoms with Gasteiger partial charge in [0.1, 0.15) is 0 Å². The van der Waals surface area contributed by atoms with E-state index in [1.165, 1.54) is 4.90 Å². The van der Waals surface area contributed by atoms with E-state index in [4.69, 9.17) is 5.84 Å². The number of nitrogens with two attached hydrogens (primary N) is 1. The van der Waals surface area contributed by atoms with E-state index in [-0.39, 0.29) is 4.75 Å². The molecule has 1 aromatic rings. The highest BCUT2D eigenvalue weighted by Gasteiger charge is 2.11. The van der Waals surface area contributed by atoms with E-state index in [1.807, 2.05) is 23.9 Å². The standard InChI is InChI=1S/C11H16N2S/c1-11(2,3)14-10-6-4-9(5-7-10)8-13-12/h4-8H,12H2,1-3H3. The maximum Gasteiger partial charge on any atom is 0.0538 e. The third kappa shape index (κ3) is 3.83. The highest BCUT2D eigenvalue weighted by atomic mass is 32.2. The molecule has 1 aromatic carbocycles. The van der Waals surface area contributed by atoms with Gasteiger partial charge in [-0.2, -0.15) is 5.10 Å². The Morgan fingerprint density at radius 1 is 1.21 bits per heavy atom. The highest BCUT2D eigenvalue weighted by molar-refractivity contribution is 8.00. The lowest BCUT2D eigenvalue weighted by molar-refractivity contribution is 0.803. The summed E-state index contributed by atoms with van der Waals surface area (Å²) in [6.45, 7) is 6.60. The Bertz CT molecular complexity index is 309. The monoisotopic (exact) mass is 208 g/mol. The van der Waals surface area contributed by atoms with E-state index in [0.717, 1.165) is 5.56 Å². The molecule has 2 nitrogen and oxygen atoms in total. The van der Waals surface area contributed by atoms with Crippen LogP contribution in [-0.4, -0.2) is 11.0 Å². The minimum absolute atomic E-state index is 0.253. The molecule has 14 heavy (non-hydrogen) atoms. The first-order valence-corrected chi connectivity index (χ1v) is 5.35. The van der Waals surface area contributed by atoms with Crippen LogP contribution in [0.3, 0.4) is 0 Å². The average Bonchev–Trinajstić information content (AvgIpc) is 2.06. The molecule has 0 heterocycles. The lowest BCUT2D eigenvalue weighted by atomic mass is 10.2. The summed E-state index contributed by atoms with van der Waals surface area (Å²) in [5, 5.41) is 3.48. The molecule has 0 fully saturated rings. The lowest BCUT2D eigenvalue weighted by Gasteiger charge is -2.17. The minimum atomic E-state index is 0.253. The molecule has 0 atom stereocenters. The molecule has 1 rings (SSSR count). The number of hydrogen-bond donors (Lipinski definition) is 1.